The van der Waals surface area contributed by atoms with E-state index < -0.39 is 0 Å². The molecule has 1 unspecified atom stereocenters. The molecule has 1 atom stereocenters. The zero-order valence-corrected chi connectivity index (χ0v) is 15.9. The molecule has 0 aliphatic rings. The quantitative estimate of drug-likeness (QED) is 0.631. The lowest BCUT2D eigenvalue weighted by Crippen LogP contribution is -1.93. The highest BCUT2D eigenvalue weighted by atomic mass is 35.5. The van der Waals surface area contributed by atoms with Crippen molar-refractivity contribution in [1.82, 2.24) is 25.3 Å². The summed E-state index contributed by atoms with van der Waals surface area (Å²) in [5.41, 5.74) is 0.752. The first kappa shape index (κ1) is 17.8. The van der Waals surface area contributed by atoms with Crippen molar-refractivity contribution in [1.29, 1.82) is 0 Å². The number of aromatic nitrogens is 5. The van der Waals surface area contributed by atoms with Crippen LogP contribution >= 0.6 is 23.4 Å². The van der Waals surface area contributed by atoms with E-state index in [-0.39, 0.29) is 11.2 Å². The number of methoxy groups -OCH3 is 1. The predicted molar refractivity (Wildman–Crippen MR) is 96.0 cm³/mol. The highest BCUT2D eigenvalue weighted by Gasteiger charge is 2.20. The Hall–Kier alpha value is -2.06. The molecule has 7 nitrogen and oxygen atoms in total. The summed E-state index contributed by atoms with van der Waals surface area (Å²) < 4.78 is 10.7. The van der Waals surface area contributed by atoms with Gasteiger partial charge in [-0.3, -0.25) is 5.10 Å². The van der Waals surface area contributed by atoms with Gasteiger partial charge in [-0.25, -0.2) is 4.98 Å². The minimum atomic E-state index is -0.0649. The van der Waals surface area contributed by atoms with Gasteiger partial charge in [0, 0.05) is 10.9 Å². The highest BCUT2D eigenvalue weighted by molar-refractivity contribution is 7.99. The predicted octanol–water partition coefficient (Wildman–Crippen LogP) is 4.49. The molecule has 1 N–H and O–H groups in total. The number of aromatic amines is 1. The Morgan fingerprint density at radius 1 is 1.24 bits per heavy atom. The average molecular weight is 380 g/mol. The molecular weight excluding hydrogens is 362 g/mol. The first-order valence-electron chi connectivity index (χ1n) is 7.74. The van der Waals surface area contributed by atoms with Crippen molar-refractivity contribution in [2.45, 2.75) is 37.1 Å². The van der Waals surface area contributed by atoms with E-state index in [0.29, 0.717) is 33.5 Å². The molecule has 2 aromatic heterocycles. The molecule has 9 heteroatoms. The summed E-state index contributed by atoms with van der Waals surface area (Å²) in [6.45, 7) is 6.01. The molecule has 0 radical (unpaired) electrons. The van der Waals surface area contributed by atoms with Crippen LogP contribution in [0.25, 0.3) is 11.4 Å². The van der Waals surface area contributed by atoms with Crippen LogP contribution < -0.4 is 4.74 Å². The van der Waals surface area contributed by atoms with E-state index in [1.165, 1.54) is 11.8 Å². The number of ether oxygens (including phenoxy) is 1. The third kappa shape index (κ3) is 3.96. The van der Waals surface area contributed by atoms with Gasteiger partial charge in [-0.1, -0.05) is 42.4 Å². The van der Waals surface area contributed by atoms with E-state index >= 15 is 0 Å². The van der Waals surface area contributed by atoms with Gasteiger partial charge in [0.05, 0.1) is 17.9 Å². The fraction of sp³-hybridized carbons (Fsp3) is 0.375. The summed E-state index contributed by atoms with van der Waals surface area (Å²) in [5.74, 6) is 2.73. The fourth-order valence-corrected chi connectivity index (χ4v) is 3.07. The zero-order chi connectivity index (χ0) is 18.0. The van der Waals surface area contributed by atoms with Crippen LogP contribution in [-0.2, 0) is 0 Å². The van der Waals surface area contributed by atoms with Crippen molar-refractivity contribution in [3.05, 3.63) is 34.9 Å². The molecule has 1 aromatic carbocycles. The number of rotatable bonds is 6. The highest BCUT2D eigenvalue weighted by Crippen LogP contribution is 2.35. The van der Waals surface area contributed by atoms with Crippen molar-refractivity contribution < 1.29 is 9.26 Å². The van der Waals surface area contributed by atoms with Crippen molar-refractivity contribution >= 4 is 23.4 Å². The van der Waals surface area contributed by atoms with Crippen LogP contribution in [0.4, 0.5) is 0 Å². The summed E-state index contributed by atoms with van der Waals surface area (Å²) in [6, 6.07) is 5.34. The van der Waals surface area contributed by atoms with Crippen molar-refractivity contribution in [2.24, 2.45) is 0 Å². The van der Waals surface area contributed by atoms with Gasteiger partial charge >= 0.3 is 0 Å². The lowest BCUT2D eigenvalue weighted by atomic mass is 10.2. The number of nitrogens with zero attached hydrogens (tertiary/aromatic N) is 4. The van der Waals surface area contributed by atoms with Crippen LogP contribution in [-0.4, -0.2) is 32.4 Å². The maximum atomic E-state index is 6.07. The zero-order valence-electron chi connectivity index (χ0n) is 14.3. The van der Waals surface area contributed by atoms with E-state index in [1.54, 1.807) is 25.3 Å². The number of benzene rings is 1. The number of hydrogen-bond acceptors (Lipinski definition) is 7. The Labute approximate surface area is 154 Å². The van der Waals surface area contributed by atoms with Crippen LogP contribution in [0.2, 0.25) is 5.02 Å². The number of halogens is 1. The molecule has 3 aromatic rings. The third-order valence-corrected chi connectivity index (χ3v) is 4.67. The molecule has 2 heterocycles. The Balaban J connectivity index is 1.78. The van der Waals surface area contributed by atoms with E-state index in [4.69, 9.17) is 20.9 Å². The standard InChI is InChI=1S/C16H18ClN5O2S/c1-8(2)13-18-15(24-22-13)9(3)25-16-19-14(20-21-16)11-7-10(17)5-6-12(11)23-4/h5-9H,1-4H3,(H,19,20,21). The molecule has 0 saturated heterocycles. The second-order valence-electron chi connectivity index (χ2n) is 5.72. The van der Waals surface area contributed by atoms with Crippen molar-refractivity contribution in [3.8, 4) is 17.1 Å². The van der Waals surface area contributed by atoms with E-state index in [0.717, 1.165) is 5.56 Å². The lowest BCUT2D eigenvalue weighted by molar-refractivity contribution is 0.373. The lowest BCUT2D eigenvalue weighted by Gasteiger charge is -2.05. The molecule has 0 aliphatic carbocycles. The van der Waals surface area contributed by atoms with Gasteiger partial charge in [-0.05, 0) is 25.1 Å². The van der Waals surface area contributed by atoms with Crippen LogP contribution in [0.15, 0.2) is 27.9 Å². The topological polar surface area (TPSA) is 89.7 Å². The fourth-order valence-electron chi connectivity index (χ4n) is 2.14. The van der Waals surface area contributed by atoms with Gasteiger partial charge < -0.3 is 9.26 Å². The van der Waals surface area contributed by atoms with E-state index in [1.807, 2.05) is 20.8 Å². The normalized spacial score (nSPS) is 12.6. The number of H-pyrrole nitrogens is 1. The van der Waals surface area contributed by atoms with E-state index in [9.17, 15) is 0 Å². The maximum absolute atomic E-state index is 6.07. The monoisotopic (exact) mass is 379 g/mol. The van der Waals surface area contributed by atoms with Gasteiger partial charge in [0.1, 0.15) is 5.75 Å². The molecule has 0 bridgehead atoms. The Bertz CT molecular complexity index is 864. The van der Waals surface area contributed by atoms with Crippen molar-refractivity contribution in [2.75, 3.05) is 7.11 Å². The van der Waals surface area contributed by atoms with Crippen LogP contribution in [0, 0.1) is 0 Å². The van der Waals surface area contributed by atoms with E-state index in [2.05, 4.69) is 25.3 Å². The van der Waals surface area contributed by atoms with Crippen LogP contribution in [0.5, 0.6) is 5.75 Å². The number of thioether (sulfide) groups is 1. The van der Waals surface area contributed by atoms with Gasteiger partial charge in [0.25, 0.3) is 0 Å². The summed E-state index contributed by atoms with van der Waals surface area (Å²) in [7, 11) is 1.60. The molecule has 0 saturated carbocycles. The summed E-state index contributed by atoms with van der Waals surface area (Å²) >= 11 is 7.50. The maximum Gasteiger partial charge on any atom is 0.239 e. The van der Waals surface area contributed by atoms with Gasteiger partial charge in [0.15, 0.2) is 11.6 Å². The third-order valence-electron chi connectivity index (χ3n) is 3.49. The van der Waals surface area contributed by atoms with Crippen LogP contribution in [0.1, 0.15) is 43.7 Å². The summed E-state index contributed by atoms with van der Waals surface area (Å²) in [5, 5.41) is 12.3. The summed E-state index contributed by atoms with van der Waals surface area (Å²) in [4.78, 5) is 8.91. The Morgan fingerprint density at radius 2 is 2.04 bits per heavy atom. The molecule has 0 fully saturated rings. The van der Waals surface area contributed by atoms with Crippen LogP contribution in [0.3, 0.4) is 0 Å². The Kier molecular flexibility index (Phi) is 5.29. The molecule has 0 amide bonds. The molecule has 132 valence electrons. The first-order valence-corrected chi connectivity index (χ1v) is 9.00. The average Bonchev–Trinajstić information content (AvgIpc) is 3.24. The van der Waals surface area contributed by atoms with Gasteiger partial charge in [-0.2, -0.15) is 4.98 Å². The number of nitrogens with one attached hydrogen (secondary N) is 1. The number of hydrogen-bond donors (Lipinski definition) is 1. The summed E-state index contributed by atoms with van der Waals surface area (Å²) in [6.07, 6.45) is 0. The molecule has 0 spiro atoms. The molecule has 0 aliphatic heterocycles. The smallest absolute Gasteiger partial charge is 0.239 e. The SMILES string of the molecule is COc1ccc(Cl)cc1-c1nc(SC(C)c2nc(C(C)C)no2)n[nH]1. The van der Waals surface area contributed by atoms with Gasteiger partial charge in [0.2, 0.25) is 11.0 Å². The second-order valence-corrected chi connectivity index (χ2v) is 7.46. The Morgan fingerprint density at radius 3 is 2.72 bits per heavy atom. The van der Waals surface area contributed by atoms with Crippen molar-refractivity contribution in [3.63, 3.8) is 0 Å². The minimum Gasteiger partial charge on any atom is -0.496 e. The molecular formula is C16H18ClN5O2S. The first-order chi connectivity index (χ1) is 12.0. The van der Waals surface area contributed by atoms with Gasteiger partial charge in [-0.15, -0.1) is 5.10 Å². The minimum absolute atomic E-state index is 0.0649. The molecule has 25 heavy (non-hydrogen) atoms. The second kappa shape index (κ2) is 7.45. The largest absolute Gasteiger partial charge is 0.496 e. The molecule has 3 rings (SSSR count).